The van der Waals surface area contributed by atoms with Gasteiger partial charge < -0.3 is 10.0 Å². The van der Waals surface area contributed by atoms with Gasteiger partial charge in [-0.15, -0.1) is 0 Å². The molecule has 4 nitrogen and oxygen atoms in total. The molecule has 0 fully saturated rings. The van der Waals surface area contributed by atoms with Crippen molar-refractivity contribution in [3.63, 3.8) is 0 Å². The third-order valence-corrected chi connectivity index (χ3v) is 2.21. The van der Waals surface area contributed by atoms with Crippen molar-refractivity contribution >= 4 is 11.9 Å². The van der Waals surface area contributed by atoms with Crippen molar-refractivity contribution in [1.29, 1.82) is 0 Å². The molecule has 0 spiro atoms. The number of nitrogens with zero attached hydrogens (tertiary/aromatic N) is 1. The Kier molecular flexibility index (Phi) is 4.77. The predicted octanol–water partition coefficient (Wildman–Crippen LogP) is 1.36. The lowest BCUT2D eigenvalue weighted by Crippen LogP contribution is -2.41. The van der Waals surface area contributed by atoms with Gasteiger partial charge in [-0.05, 0) is 6.92 Å². The molecule has 0 aliphatic rings. The van der Waals surface area contributed by atoms with Gasteiger partial charge in [0.15, 0.2) is 0 Å². The van der Waals surface area contributed by atoms with Crippen molar-refractivity contribution < 1.29 is 27.9 Å². The minimum atomic E-state index is -4.60. The summed E-state index contributed by atoms with van der Waals surface area (Å²) in [6.07, 6.45) is -4.60. The lowest BCUT2D eigenvalue weighted by molar-refractivity contribution is -0.185. The van der Waals surface area contributed by atoms with Crippen molar-refractivity contribution in [3.8, 4) is 0 Å². The molecule has 0 aromatic carbocycles. The summed E-state index contributed by atoms with van der Waals surface area (Å²) in [5.74, 6) is -5.28. The average molecular weight is 241 g/mol. The van der Waals surface area contributed by atoms with Crippen LogP contribution >= 0.6 is 0 Å². The van der Waals surface area contributed by atoms with Crippen LogP contribution in [0.4, 0.5) is 13.2 Å². The van der Waals surface area contributed by atoms with Crippen molar-refractivity contribution in [3.05, 3.63) is 0 Å². The molecule has 0 saturated carbocycles. The van der Waals surface area contributed by atoms with Gasteiger partial charge in [0.05, 0.1) is 5.92 Å². The molecule has 0 saturated heterocycles. The molecule has 2 atom stereocenters. The van der Waals surface area contributed by atoms with Crippen LogP contribution in [0.3, 0.4) is 0 Å². The fraction of sp³-hybridized carbons (Fsp3) is 0.778. The van der Waals surface area contributed by atoms with Gasteiger partial charge in [0.1, 0.15) is 5.92 Å². The first-order chi connectivity index (χ1) is 7.07. The number of aliphatic carboxylic acids is 1. The molecular formula is C9H14F3NO3. The van der Waals surface area contributed by atoms with E-state index in [2.05, 4.69) is 0 Å². The van der Waals surface area contributed by atoms with Gasteiger partial charge in [-0.2, -0.15) is 13.2 Å². The van der Waals surface area contributed by atoms with Crippen LogP contribution in [-0.4, -0.2) is 41.7 Å². The van der Waals surface area contributed by atoms with E-state index in [1.165, 1.54) is 6.92 Å². The first kappa shape index (κ1) is 14.7. The van der Waals surface area contributed by atoms with Crippen LogP contribution in [0.15, 0.2) is 0 Å². The van der Waals surface area contributed by atoms with Crippen LogP contribution in [0.5, 0.6) is 0 Å². The number of alkyl halides is 3. The highest BCUT2D eigenvalue weighted by Gasteiger charge is 2.42. The van der Waals surface area contributed by atoms with Crippen molar-refractivity contribution in [2.45, 2.75) is 20.0 Å². The fourth-order valence-corrected chi connectivity index (χ4v) is 1.05. The summed E-state index contributed by atoms with van der Waals surface area (Å²) in [7, 11) is 1.16. The van der Waals surface area contributed by atoms with Crippen LogP contribution in [0.1, 0.15) is 13.8 Å². The highest BCUT2D eigenvalue weighted by molar-refractivity contribution is 5.79. The number of carboxylic acid groups (broad SMARTS) is 1. The number of carbonyl (C=O) groups excluding carboxylic acids is 1. The Hall–Kier alpha value is -1.27. The Balaban J connectivity index is 4.46. The summed E-state index contributed by atoms with van der Waals surface area (Å²) in [5, 5.41) is 8.55. The van der Waals surface area contributed by atoms with Gasteiger partial charge in [-0.1, -0.05) is 6.92 Å². The quantitative estimate of drug-likeness (QED) is 0.808. The zero-order valence-electron chi connectivity index (χ0n) is 9.21. The van der Waals surface area contributed by atoms with Crippen LogP contribution < -0.4 is 0 Å². The maximum atomic E-state index is 12.2. The van der Waals surface area contributed by atoms with E-state index in [0.717, 1.165) is 18.9 Å². The lowest BCUT2D eigenvalue weighted by atomic mass is 10.1. The Morgan fingerprint density at radius 2 is 1.75 bits per heavy atom. The average Bonchev–Trinajstić information content (AvgIpc) is 2.13. The third kappa shape index (κ3) is 4.08. The molecule has 0 rings (SSSR count). The van der Waals surface area contributed by atoms with Gasteiger partial charge in [-0.3, -0.25) is 9.59 Å². The Morgan fingerprint density at radius 1 is 1.31 bits per heavy atom. The van der Waals surface area contributed by atoms with E-state index in [9.17, 15) is 22.8 Å². The van der Waals surface area contributed by atoms with Crippen LogP contribution in [0.25, 0.3) is 0 Å². The maximum Gasteiger partial charge on any atom is 0.400 e. The van der Waals surface area contributed by atoms with Gasteiger partial charge in [-0.25, -0.2) is 0 Å². The summed E-state index contributed by atoms with van der Waals surface area (Å²) >= 11 is 0. The standard InChI is InChI=1S/C9H14F3NO3/c1-5(8(15)16)4-13(3)7(14)6(2)9(10,11)12/h5-6H,4H2,1-3H3,(H,15,16). The summed E-state index contributed by atoms with van der Waals surface area (Å²) < 4.78 is 36.6. The van der Waals surface area contributed by atoms with E-state index >= 15 is 0 Å². The van der Waals surface area contributed by atoms with E-state index in [4.69, 9.17) is 5.11 Å². The molecule has 1 amide bonds. The summed E-state index contributed by atoms with van der Waals surface area (Å²) in [6.45, 7) is 1.84. The minimum Gasteiger partial charge on any atom is -0.481 e. The van der Waals surface area contributed by atoms with Gasteiger partial charge in [0.2, 0.25) is 5.91 Å². The number of hydrogen-bond donors (Lipinski definition) is 1. The largest absolute Gasteiger partial charge is 0.481 e. The minimum absolute atomic E-state index is 0.241. The zero-order chi connectivity index (χ0) is 13.1. The van der Waals surface area contributed by atoms with Crippen molar-refractivity contribution in [2.75, 3.05) is 13.6 Å². The molecule has 0 aromatic heterocycles. The van der Waals surface area contributed by atoms with Gasteiger partial charge >= 0.3 is 12.1 Å². The number of carboxylic acids is 1. The molecule has 0 radical (unpaired) electrons. The Labute approximate surface area is 91.0 Å². The SMILES string of the molecule is CC(CN(C)C(=O)C(C)C(F)(F)F)C(=O)O. The number of amides is 1. The monoisotopic (exact) mass is 241 g/mol. The molecular weight excluding hydrogens is 227 g/mol. The van der Waals surface area contributed by atoms with E-state index in [1.807, 2.05) is 0 Å². The fourth-order valence-electron chi connectivity index (χ4n) is 1.05. The second-order valence-corrected chi connectivity index (χ2v) is 3.72. The van der Waals surface area contributed by atoms with Crippen molar-refractivity contribution in [1.82, 2.24) is 4.90 Å². The number of rotatable bonds is 4. The molecule has 0 bridgehead atoms. The lowest BCUT2D eigenvalue weighted by Gasteiger charge is -2.24. The molecule has 1 N–H and O–H groups in total. The molecule has 0 aromatic rings. The normalized spacial score (nSPS) is 15.4. The molecule has 16 heavy (non-hydrogen) atoms. The van der Waals surface area contributed by atoms with Crippen molar-refractivity contribution in [2.24, 2.45) is 11.8 Å². The first-order valence-electron chi connectivity index (χ1n) is 4.61. The summed E-state index contributed by atoms with van der Waals surface area (Å²) in [4.78, 5) is 22.5. The molecule has 7 heteroatoms. The molecule has 94 valence electrons. The Bertz CT molecular complexity index is 278. The molecule has 0 heterocycles. The van der Waals surface area contributed by atoms with E-state index in [0.29, 0.717) is 0 Å². The number of carbonyl (C=O) groups is 2. The van der Waals surface area contributed by atoms with E-state index in [1.54, 1.807) is 0 Å². The Morgan fingerprint density at radius 3 is 2.06 bits per heavy atom. The summed E-state index contributed by atoms with van der Waals surface area (Å²) in [6, 6.07) is 0. The topological polar surface area (TPSA) is 57.6 Å². The van der Waals surface area contributed by atoms with Gasteiger partial charge in [0, 0.05) is 13.6 Å². The zero-order valence-corrected chi connectivity index (χ0v) is 9.21. The molecule has 0 aliphatic carbocycles. The smallest absolute Gasteiger partial charge is 0.400 e. The van der Waals surface area contributed by atoms with E-state index in [-0.39, 0.29) is 6.54 Å². The van der Waals surface area contributed by atoms with Gasteiger partial charge in [0.25, 0.3) is 0 Å². The number of halogens is 3. The molecule has 2 unspecified atom stereocenters. The first-order valence-corrected chi connectivity index (χ1v) is 4.61. The highest BCUT2D eigenvalue weighted by Crippen LogP contribution is 2.27. The van der Waals surface area contributed by atoms with Crippen LogP contribution in [-0.2, 0) is 9.59 Å². The summed E-state index contributed by atoms with van der Waals surface area (Å²) in [5.41, 5.74) is 0. The second kappa shape index (κ2) is 5.18. The van der Waals surface area contributed by atoms with E-state index < -0.39 is 29.9 Å². The second-order valence-electron chi connectivity index (χ2n) is 3.72. The highest BCUT2D eigenvalue weighted by atomic mass is 19.4. The van der Waals surface area contributed by atoms with Crippen LogP contribution in [0, 0.1) is 11.8 Å². The third-order valence-electron chi connectivity index (χ3n) is 2.21. The maximum absolute atomic E-state index is 12.2. The van der Waals surface area contributed by atoms with Crippen LogP contribution in [0.2, 0.25) is 0 Å². The molecule has 0 aliphatic heterocycles. The predicted molar refractivity (Wildman–Crippen MR) is 49.7 cm³/mol. The number of hydrogen-bond acceptors (Lipinski definition) is 2.